The molecule has 19 heavy (non-hydrogen) atoms. The fourth-order valence-corrected chi connectivity index (χ4v) is 3.13. The summed E-state index contributed by atoms with van der Waals surface area (Å²) in [6.07, 6.45) is 0.940. The Hall–Kier alpha value is -0.860. The van der Waals surface area contributed by atoms with Crippen LogP contribution in [0.2, 0.25) is 0 Å². The molecule has 0 aliphatic carbocycles. The summed E-state index contributed by atoms with van der Waals surface area (Å²) in [6.45, 7) is 5.93. The highest BCUT2D eigenvalue weighted by Crippen LogP contribution is 2.28. The third kappa shape index (κ3) is 6.22. The van der Waals surface area contributed by atoms with Gasteiger partial charge in [-0.2, -0.15) is 0 Å². The first kappa shape index (κ1) is 16.2. The van der Waals surface area contributed by atoms with Crippen molar-refractivity contribution in [3.63, 3.8) is 0 Å². The average Bonchev–Trinajstić information content (AvgIpc) is 2.83. The molecule has 0 spiro atoms. The first-order chi connectivity index (χ1) is 9.17. The second kappa shape index (κ2) is 9.11. The van der Waals surface area contributed by atoms with Crippen molar-refractivity contribution < 1.29 is 9.53 Å². The van der Waals surface area contributed by atoms with Crippen LogP contribution in [0.5, 0.6) is 0 Å². The molecule has 108 valence electrons. The molecule has 6 nitrogen and oxygen atoms in total. The molecule has 0 radical (unpaired) electrons. The van der Waals surface area contributed by atoms with Crippen molar-refractivity contribution in [3.8, 4) is 0 Å². The Balaban J connectivity index is 2.37. The molecule has 0 saturated carbocycles. The van der Waals surface area contributed by atoms with E-state index in [0.29, 0.717) is 19.7 Å². The molecule has 0 fully saturated rings. The Morgan fingerprint density at radius 2 is 2.26 bits per heavy atom. The molecule has 2 N–H and O–H groups in total. The minimum atomic E-state index is -0.161. The van der Waals surface area contributed by atoms with Gasteiger partial charge in [-0.15, -0.1) is 10.2 Å². The number of hydrogen-bond acceptors (Lipinski definition) is 7. The summed E-state index contributed by atoms with van der Waals surface area (Å²) >= 11 is 2.87. The van der Waals surface area contributed by atoms with Crippen LogP contribution in [0.4, 0.5) is 5.13 Å². The highest BCUT2D eigenvalue weighted by molar-refractivity contribution is 8.02. The van der Waals surface area contributed by atoms with Crippen LogP contribution in [0, 0.1) is 0 Å². The highest BCUT2D eigenvalue weighted by atomic mass is 32.2. The van der Waals surface area contributed by atoms with Crippen molar-refractivity contribution in [2.45, 2.75) is 29.9 Å². The van der Waals surface area contributed by atoms with Crippen molar-refractivity contribution in [1.82, 2.24) is 15.5 Å². The van der Waals surface area contributed by atoms with E-state index in [1.807, 2.05) is 13.8 Å². The third-order valence-electron chi connectivity index (χ3n) is 2.18. The highest BCUT2D eigenvalue weighted by Gasteiger charge is 2.16. The van der Waals surface area contributed by atoms with Crippen LogP contribution >= 0.6 is 23.1 Å². The predicted octanol–water partition coefficient (Wildman–Crippen LogP) is 1.60. The van der Waals surface area contributed by atoms with Gasteiger partial charge in [0.15, 0.2) is 4.34 Å². The van der Waals surface area contributed by atoms with Gasteiger partial charge < -0.3 is 15.4 Å². The SMILES string of the molecule is CCCNC(=O)C(C)Sc1nnc(NCCOC)s1. The van der Waals surface area contributed by atoms with Gasteiger partial charge in [0.1, 0.15) is 0 Å². The van der Waals surface area contributed by atoms with Gasteiger partial charge in [-0.3, -0.25) is 4.79 Å². The van der Waals surface area contributed by atoms with Gasteiger partial charge in [-0.1, -0.05) is 30.0 Å². The molecule has 1 atom stereocenters. The molecule has 1 heterocycles. The van der Waals surface area contributed by atoms with Crippen LogP contribution in [-0.4, -0.2) is 48.2 Å². The number of carbonyl (C=O) groups is 1. The van der Waals surface area contributed by atoms with Crippen molar-refractivity contribution >= 4 is 34.1 Å². The smallest absolute Gasteiger partial charge is 0.233 e. The summed E-state index contributed by atoms with van der Waals surface area (Å²) in [5.74, 6) is 0.0379. The molecule has 0 aliphatic rings. The quantitative estimate of drug-likeness (QED) is 0.533. The van der Waals surface area contributed by atoms with E-state index in [4.69, 9.17) is 4.74 Å². The topological polar surface area (TPSA) is 76.1 Å². The second-order valence-electron chi connectivity index (χ2n) is 3.84. The zero-order valence-electron chi connectivity index (χ0n) is 11.4. The molecule has 1 unspecified atom stereocenters. The summed E-state index contributed by atoms with van der Waals surface area (Å²) in [5, 5.41) is 14.6. The number of thioether (sulfide) groups is 1. The summed E-state index contributed by atoms with van der Waals surface area (Å²) in [6, 6.07) is 0. The summed E-state index contributed by atoms with van der Waals surface area (Å²) in [7, 11) is 1.65. The lowest BCUT2D eigenvalue weighted by atomic mass is 10.4. The molecular formula is C11H20N4O2S2. The van der Waals surface area contributed by atoms with Crippen LogP contribution in [0.25, 0.3) is 0 Å². The van der Waals surface area contributed by atoms with Crippen LogP contribution < -0.4 is 10.6 Å². The largest absolute Gasteiger partial charge is 0.383 e. The summed E-state index contributed by atoms with van der Waals surface area (Å²) in [4.78, 5) is 11.7. The Labute approximate surface area is 121 Å². The molecule has 8 heteroatoms. The first-order valence-electron chi connectivity index (χ1n) is 6.18. The van der Waals surface area contributed by atoms with Crippen molar-refractivity contribution in [1.29, 1.82) is 0 Å². The van der Waals surface area contributed by atoms with Gasteiger partial charge in [0, 0.05) is 20.2 Å². The zero-order valence-corrected chi connectivity index (χ0v) is 13.1. The molecule has 1 amide bonds. The van der Waals surface area contributed by atoms with Crippen LogP contribution in [0.1, 0.15) is 20.3 Å². The lowest BCUT2D eigenvalue weighted by molar-refractivity contribution is -0.120. The van der Waals surface area contributed by atoms with E-state index in [2.05, 4.69) is 20.8 Å². The predicted molar refractivity (Wildman–Crippen MR) is 78.9 cm³/mol. The first-order valence-corrected chi connectivity index (χ1v) is 7.87. The van der Waals surface area contributed by atoms with E-state index in [-0.39, 0.29) is 11.2 Å². The molecule has 0 bridgehead atoms. The monoisotopic (exact) mass is 304 g/mol. The molecule has 1 aromatic rings. The molecule has 0 aromatic carbocycles. The second-order valence-corrected chi connectivity index (χ2v) is 6.41. The van der Waals surface area contributed by atoms with Gasteiger partial charge >= 0.3 is 0 Å². The number of hydrogen-bond donors (Lipinski definition) is 2. The Kier molecular flexibility index (Phi) is 7.76. The summed E-state index contributed by atoms with van der Waals surface area (Å²) < 4.78 is 5.73. The molecular weight excluding hydrogens is 284 g/mol. The van der Waals surface area contributed by atoms with Crippen LogP contribution in [0.3, 0.4) is 0 Å². The maximum atomic E-state index is 11.7. The van der Waals surface area contributed by atoms with Gasteiger partial charge in [0.25, 0.3) is 0 Å². The number of nitrogens with one attached hydrogen (secondary N) is 2. The van der Waals surface area contributed by atoms with Gasteiger partial charge in [0.2, 0.25) is 11.0 Å². The van der Waals surface area contributed by atoms with Crippen LogP contribution in [-0.2, 0) is 9.53 Å². The molecule has 1 aromatic heterocycles. The number of ether oxygens (including phenoxy) is 1. The van der Waals surface area contributed by atoms with Crippen molar-refractivity contribution in [2.75, 3.05) is 32.1 Å². The number of nitrogens with zero attached hydrogens (tertiary/aromatic N) is 2. The number of amides is 1. The van der Waals surface area contributed by atoms with Gasteiger partial charge in [-0.25, -0.2) is 0 Å². The maximum absolute atomic E-state index is 11.7. The van der Waals surface area contributed by atoms with E-state index in [9.17, 15) is 4.79 Å². The average molecular weight is 304 g/mol. The molecule has 0 saturated heterocycles. The zero-order chi connectivity index (χ0) is 14.1. The number of rotatable bonds is 9. The van der Waals surface area contributed by atoms with E-state index in [1.165, 1.54) is 23.1 Å². The van der Waals surface area contributed by atoms with Gasteiger partial charge in [-0.05, 0) is 13.3 Å². The van der Waals surface area contributed by atoms with E-state index < -0.39 is 0 Å². The Morgan fingerprint density at radius 3 is 2.95 bits per heavy atom. The van der Waals surface area contributed by atoms with E-state index in [0.717, 1.165) is 15.9 Å². The normalized spacial score (nSPS) is 12.2. The number of carbonyl (C=O) groups excluding carboxylic acids is 1. The number of aromatic nitrogens is 2. The standard InChI is InChI=1S/C11H20N4O2S2/c1-4-5-12-9(16)8(2)18-11-15-14-10(19-11)13-6-7-17-3/h8H,4-7H2,1-3H3,(H,12,16)(H,13,14). The lowest BCUT2D eigenvalue weighted by Gasteiger charge is -2.08. The Morgan fingerprint density at radius 1 is 1.47 bits per heavy atom. The van der Waals surface area contributed by atoms with Crippen LogP contribution in [0.15, 0.2) is 4.34 Å². The number of anilines is 1. The van der Waals surface area contributed by atoms with E-state index >= 15 is 0 Å². The third-order valence-corrected chi connectivity index (χ3v) is 4.25. The minimum absolute atomic E-state index is 0.0379. The molecule has 0 aliphatic heterocycles. The summed E-state index contributed by atoms with van der Waals surface area (Å²) in [5.41, 5.74) is 0. The molecule has 1 rings (SSSR count). The van der Waals surface area contributed by atoms with Crippen molar-refractivity contribution in [2.24, 2.45) is 0 Å². The fourth-order valence-electron chi connectivity index (χ4n) is 1.19. The fraction of sp³-hybridized carbons (Fsp3) is 0.727. The lowest BCUT2D eigenvalue weighted by Crippen LogP contribution is -2.31. The van der Waals surface area contributed by atoms with Crippen molar-refractivity contribution in [3.05, 3.63) is 0 Å². The van der Waals surface area contributed by atoms with Gasteiger partial charge in [0.05, 0.1) is 11.9 Å². The number of methoxy groups -OCH3 is 1. The maximum Gasteiger partial charge on any atom is 0.233 e. The Bertz CT molecular complexity index is 387. The van der Waals surface area contributed by atoms with E-state index in [1.54, 1.807) is 7.11 Å². The minimum Gasteiger partial charge on any atom is -0.383 e.